The van der Waals surface area contributed by atoms with E-state index >= 15 is 0 Å². The van der Waals surface area contributed by atoms with Gasteiger partial charge >= 0.3 is 7.75 Å². The fraction of sp³-hybridized carbons (Fsp3) is 0.667. The van der Waals surface area contributed by atoms with Crippen LogP contribution in [0.1, 0.15) is 44.1 Å². The van der Waals surface area contributed by atoms with E-state index in [9.17, 15) is 9.46 Å². The normalized spacial score (nSPS) is 19.0. The minimum Gasteiger partial charge on any atom is -0.493 e. The van der Waals surface area contributed by atoms with Crippen molar-refractivity contribution in [1.82, 2.24) is 10.4 Å². The number of benzene rings is 1. The Kier molecular flexibility index (Phi) is 8.39. The fourth-order valence-corrected chi connectivity index (χ4v) is 4.74. The van der Waals surface area contributed by atoms with Crippen LogP contribution in [0.5, 0.6) is 17.2 Å². The van der Waals surface area contributed by atoms with Crippen LogP contribution in [0.3, 0.4) is 0 Å². The van der Waals surface area contributed by atoms with Gasteiger partial charge in [0.25, 0.3) is 0 Å². The number of methoxy groups -OCH3 is 2. The number of aryl methyl sites for hydroxylation is 1. The van der Waals surface area contributed by atoms with Crippen molar-refractivity contribution in [3.05, 3.63) is 17.7 Å². The van der Waals surface area contributed by atoms with Gasteiger partial charge in [-0.25, -0.2) is 9.65 Å². The van der Waals surface area contributed by atoms with E-state index < -0.39 is 7.75 Å². The summed E-state index contributed by atoms with van der Waals surface area (Å²) in [6.45, 7) is 2.75. The van der Waals surface area contributed by atoms with Crippen molar-refractivity contribution < 1.29 is 23.5 Å². The Morgan fingerprint density at radius 1 is 1.11 bits per heavy atom. The molecule has 0 aromatic heterocycles. The first-order chi connectivity index (χ1) is 12.8. The van der Waals surface area contributed by atoms with Crippen molar-refractivity contribution in [2.45, 2.75) is 50.7 Å². The molecule has 2 atom stereocenters. The Morgan fingerprint density at radius 3 is 2.19 bits per heavy atom. The summed E-state index contributed by atoms with van der Waals surface area (Å²) in [6, 6.07) is 3.45. The van der Waals surface area contributed by atoms with Crippen LogP contribution >= 0.6 is 17.0 Å². The van der Waals surface area contributed by atoms with Gasteiger partial charge in [-0.05, 0) is 37.5 Å². The minimum absolute atomic E-state index is 0.0158. The lowest BCUT2D eigenvalue weighted by molar-refractivity contribution is 0.324. The lowest BCUT2D eigenvalue weighted by atomic mass is 10.1. The van der Waals surface area contributed by atoms with Gasteiger partial charge in [0.15, 0.2) is 11.5 Å². The van der Waals surface area contributed by atoms with Gasteiger partial charge in [0, 0.05) is 18.4 Å². The highest BCUT2D eigenvalue weighted by Crippen LogP contribution is 2.47. The first-order valence-corrected chi connectivity index (χ1v) is 11.5. The molecule has 0 amide bonds. The van der Waals surface area contributed by atoms with Crippen molar-refractivity contribution in [1.29, 1.82) is 0 Å². The van der Waals surface area contributed by atoms with Crippen LogP contribution in [-0.2, 0) is 4.57 Å². The molecule has 7 nitrogen and oxygen atoms in total. The highest BCUT2D eigenvalue weighted by Gasteiger charge is 2.27. The zero-order valence-electron chi connectivity index (χ0n) is 16.4. The lowest BCUT2D eigenvalue weighted by Crippen LogP contribution is -2.42. The standard InChI is InChI=1S/C18H32N2O5P2/c1-14-12-15(23-2)17(16(13-14)24-3)25-27(21,22)20-11-10-19-18(26)8-6-4-5-7-9-18/h12-13,19H,4-11,26H2,1-3H3,(H2,20,21,22). The highest BCUT2D eigenvalue weighted by atomic mass is 31.2. The van der Waals surface area contributed by atoms with Gasteiger partial charge in [-0.3, -0.25) is 0 Å². The van der Waals surface area contributed by atoms with E-state index in [0.29, 0.717) is 24.6 Å². The van der Waals surface area contributed by atoms with E-state index in [0.717, 1.165) is 18.4 Å². The molecule has 27 heavy (non-hydrogen) atoms. The third-order valence-electron chi connectivity index (χ3n) is 4.73. The second kappa shape index (κ2) is 10.1. The van der Waals surface area contributed by atoms with E-state index in [1.165, 1.54) is 39.9 Å². The van der Waals surface area contributed by atoms with Crippen LogP contribution in [0.25, 0.3) is 0 Å². The molecule has 1 aliphatic rings. The average molecular weight is 418 g/mol. The Balaban J connectivity index is 1.92. The zero-order chi connectivity index (χ0) is 19.9. The maximum absolute atomic E-state index is 12.5. The number of ether oxygens (including phenoxy) is 2. The molecule has 0 spiro atoms. The number of nitrogens with one attached hydrogen (secondary N) is 2. The molecule has 1 aromatic carbocycles. The Hall–Kier alpha value is -0.840. The summed E-state index contributed by atoms with van der Waals surface area (Å²) in [5, 5.41) is 6.11. The molecule has 0 aliphatic heterocycles. The van der Waals surface area contributed by atoms with Gasteiger partial charge in [0.1, 0.15) is 0 Å². The molecule has 1 aliphatic carbocycles. The topological polar surface area (TPSA) is 89.1 Å². The molecule has 0 saturated heterocycles. The highest BCUT2D eigenvalue weighted by molar-refractivity contribution is 7.51. The first kappa shape index (κ1) is 22.4. The number of hydrogen-bond acceptors (Lipinski definition) is 5. The van der Waals surface area contributed by atoms with Crippen LogP contribution in [0.2, 0.25) is 0 Å². The second-order valence-corrected chi connectivity index (χ2v) is 9.66. The van der Waals surface area contributed by atoms with Crippen LogP contribution in [0.4, 0.5) is 0 Å². The predicted octanol–water partition coefficient (Wildman–Crippen LogP) is 3.60. The third kappa shape index (κ3) is 6.92. The van der Waals surface area contributed by atoms with E-state index in [1.807, 2.05) is 6.92 Å². The van der Waals surface area contributed by atoms with Gasteiger partial charge in [0.05, 0.1) is 14.2 Å². The quantitative estimate of drug-likeness (QED) is 0.321. The van der Waals surface area contributed by atoms with Crippen molar-refractivity contribution in [2.75, 3.05) is 27.3 Å². The molecule has 0 bridgehead atoms. The molecule has 1 aromatic rings. The summed E-state index contributed by atoms with van der Waals surface area (Å²) >= 11 is 0. The molecule has 9 heteroatoms. The summed E-state index contributed by atoms with van der Waals surface area (Å²) in [4.78, 5) is 10.2. The second-order valence-electron chi connectivity index (χ2n) is 7.02. The van der Waals surface area contributed by atoms with Crippen molar-refractivity contribution in [2.24, 2.45) is 0 Å². The molecule has 0 radical (unpaired) electrons. The van der Waals surface area contributed by atoms with Gasteiger partial charge in [-0.2, -0.15) is 0 Å². The number of rotatable bonds is 9. The molecule has 1 fully saturated rings. The van der Waals surface area contributed by atoms with Gasteiger partial charge in [-0.15, -0.1) is 9.24 Å². The summed E-state index contributed by atoms with van der Waals surface area (Å²) in [5.41, 5.74) is 0.898. The Morgan fingerprint density at radius 2 is 1.67 bits per heavy atom. The monoisotopic (exact) mass is 418 g/mol. The van der Waals surface area contributed by atoms with Crippen molar-refractivity contribution in [3.63, 3.8) is 0 Å². The van der Waals surface area contributed by atoms with Crippen LogP contribution in [-0.4, -0.2) is 37.5 Å². The average Bonchev–Trinajstić information content (AvgIpc) is 2.84. The minimum atomic E-state index is -4.07. The smallest absolute Gasteiger partial charge is 0.456 e. The molecule has 3 N–H and O–H groups in total. The van der Waals surface area contributed by atoms with E-state index in [1.54, 1.807) is 12.1 Å². The maximum atomic E-state index is 12.5. The molecule has 1 saturated carbocycles. The summed E-state index contributed by atoms with van der Waals surface area (Å²) in [5.74, 6) is 0.815. The first-order valence-electron chi connectivity index (χ1n) is 9.33. The van der Waals surface area contributed by atoms with Crippen LogP contribution < -0.4 is 24.4 Å². The van der Waals surface area contributed by atoms with E-state index in [2.05, 4.69) is 19.6 Å². The summed E-state index contributed by atoms with van der Waals surface area (Å²) in [6.07, 6.45) is 7.16. The SMILES string of the molecule is COc1cc(C)cc(OC)c1OP(=O)(O)NCCNC1(P)CCCCCC1. The van der Waals surface area contributed by atoms with Gasteiger partial charge < -0.3 is 24.2 Å². The van der Waals surface area contributed by atoms with E-state index in [-0.39, 0.29) is 11.0 Å². The van der Waals surface area contributed by atoms with E-state index in [4.69, 9.17) is 14.0 Å². The molecule has 2 unspecified atom stereocenters. The molecule has 2 rings (SSSR count). The van der Waals surface area contributed by atoms with Gasteiger partial charge in [-0.1, -0.05) is 25.7 Å². The fourth-order valence-electron chi connectivity index (χ4n) is 3.30. The van der Waals surface area contributed by atoms with Crippen LogP contribution in [0.15, 0.2) is 12.1 Å². The molecular weight excluding hydrogens is 386 g/mol. The summed E-state index contributed by atoms with van der Waals surface area (Å²) < 4.78 is 28.4. The van der Waals surface area contributed by atoms with Crippen molar-refractivity contribution >= 4 is 17.0 Å². The predicted molar refractivity (Wildman–Crippen MR) is 111 cm³/mol. The molecule has 0 heterocycles. The number of hydrogen-bond donors (Lipinski definition) is 3. The third-order valence-corrected chi connectivity index (χ3v) is 6.56. The van der Waals surface area contributed by atoms with Crippen molar-refractivity contribution in [3.8, 4) is 17.2 Å². The maximum Gasteiger partial charge on any atom is 0.456 e. The molecular formula is C18H32N2O5P2. The zero-order valence-corrected chi connectivity index (χ0v) is 18.5. The van der Waals surface area contributed by atoms with Crippen LogP contribution in [0, 0.1) is 6.92 Å². The Bertz CT molecular complexity index is 638. The van der Waals surface area contributed by atoms with Gasteiger partial charge in [0.2, 0.25) is 5.75 Å². The Labute approximate surface area is 164 Å². The lowest BCUT2D eigenvalue weighted by Gasteiger charge is -2.29. The summed E-state index contributed by atoms with van der Waals surface area (Å²) in [7, 11) is 1.81. The molecule has 154 valence electrons. The largest absolute Gasteiger partial charge is 0.493 e.